The topological polar surface area (TPSA) is 113 Å². The SMILES string of the molecule is C.CN(C(=O)c1ccc(Nc2ncc(F)c(N[C@@H]3CCC[C@@H]3C(N)=O)n2)cc1)c1ccccc1. The average molecular weight is 465 g/mol. The Labute approximate surface area is 198 Å². The molecule has 0 aliphatic heterocycles. The van der Waals surface area contributed by atoms with Crippen molar-refractivity contribution >= 4 is 35.0 Å². The number of primary amides is 1. The van der Waals surface area contributed by atoms with Gasteiger partial charge in [-0.3, -0.25) is 9.59 Å². The summed E-state index contributed by atoms with van der Waals surface area (Å²) in [7, 11) is 1.72. The van der Waals surface area contributed by atoms with Crippen LogP contribution in [0, 0.1) is 11.7 Å². The highest BCUT2D eigenvalue weighted by Gasteiger charge is 2.32. The standard InChI is InChI=1S/C24H25FN6O2.CH4/c1-31(17-6-3-2-4-7-17)23(33)15-10-12-16(13-11-15)28-24-27-14-19(25)22(30-24)29-20-9-5-8-18(20)21(26)32;/h2-4,6-7,10-14,18,20H,5,8-9H2,1H3,(H2,26,32)(H2,27,28,29,30);1H4/t18-,20+;/m0./s1. The molecule has 34 heavy (non-hydrogen) atoms. The normalized spacial score (nSPS) is 16.9. The van der Waals surface area contributed by atoms with Gasteiger partial charge in [0.15, 0.2) is 11.6 Å². The van der Waals surface area contributed by atoms with Gasteiger partial charge >= 0.3 is 0 Å². The molecule has 8 nitrogen and oxygen atoms in total. The highest BCUT2D eigenvalue weighted by molar-refractivity contribution is 6.05. The zero-order valence-electron chi connectivity index (χ0n) is 18.2. The molecule has 0 bridgehead atoms. The van der Waals surface area contributed by atoms with Crippen molar-refractivity contribution in [1.82, 2.24) is 9.97 Å². The van der Waals surface area contributed by atoms with Gasteiger partial charge in [-0.1, -0.05) is 32.0 Å². The van der Waals surface area contributed by atoms with Gasteiger partial charge in [0.25, 0.3) is 5.91 Å². The minimum atomic E-state index is -0.611. The summed E-state index contributed by atoms with van der Waals surface area (Å²) in [5.74, 6) is -1.30. The van der Waals surface area contributed by atoms with Crippen molar-refractivity contribution in [2.45, 2.75) is 32.7 Å². The molecule has 0 saturated heterocycles. The van der Waals surface area contributed by atoms with E-state index >= 15 is 0 Å². The van der Waals surface area contributed by atoms with E-state index in [9.17, 15) is 14.0 Å². The van der Waals surface area contributed by atoms with Crippen molar-refractivity contribution in [2.75, 3.05) is 22.6 Å². The van der Waals surface area contributed by atoms with Gasteiger partial charge in [0.2, 0.25) is 11.9 Å². The molecule has 2 amide bonds. The minimum Gasteiger partial charge on any atom is -0.369 e. The Morgan fingerprint density at radius 2 is 1.79 bits per heavy atom. The van der Waals surface area contributed by atoms with Crippen LogP contribution < -0.4 is 21.3 Å². The van der Waals surface area contributed by atoms with Crippen LogP contribution in [0.15, 0.2) is 60.8 Å². The number of rotatable bonds is 7. The summed E-state index contributed by atoms with van der Waals surface area (Å²) in [5.41, 5.74) is 7.41. The Kier molecular flexibility index (Phi) is 7.78. The van der Waals surface area contributed by atoms with Crippen LogP contribution in [-0.4, -0.2) is 34.9 Å². The molecule has 1 aliphatic carbocycles. The molecular weight excluding hydrogens is 435 g/mol. The number of carbonyl (C=O) groups is 2. The van der Waals surface area contributed by atoms with Crippen LogP contribution >= 0.6 is 0 Å². The van der Waals surface area contributed by atoms with E-state index in [4.69, 9.17) is 5.73 Å². The van der Waals surface area contributed by atoms with Crippen molar-refractivity contribution in [1.29, 1.82) is 0 Å². The first-order valence-electron chi connectivity index (χ1n) is 10.7. The fourth-order valence-electron chi connectivity index (χ4n) is 3.97. The van der Waals surface area contributed by atoms with Crippen LogP contribution in [0.3, 0.4) is 0 Å². The van der Waals surface area contributed by atoms with E-state index in [1.165, 1.54) is 0 Å². The van der Waals surface area contributed by atoms with E-state index < -0.39 is 11.7 Å². The van der Waals surface area contributed by atoms with Gasteiger partial charge in [-0.2, -0.15) is 4.98 Å². The van der Waals surface area contributed by atoms with Crippen LogP contribution in [-0.2, 0) is 4.79 Å². The molecule has 0 unspecified atom stereocenters. The smallest absolute Gasteiger partial charge is 0.258 e. The highest BCUT2D eigenvalue weighted by Crippen LogP contribution is 2.29. The van der Waals surface area contributed by atoms with E-state index in [2.05, 4.69) is 20.6 Å². The summed E-state index contributed by atoms with van der Waals surface area (Å²) < 4.78 is 14.3. The zero-order valence-corrected chi connectivity index (χ0v) is 18.2. The Balaban J connectivity index is 0.00000324. The van der Waals surface area contributed by atoms with Crippen molar-refractivity contribution in [3.63, 3.8) is 0 Å². The number of carbonyl (C=O) groups excluding carboxylic acids is 2. The van der Waals surface area contributed by atoms with Crippen LogP contribution in [0.4, 0.5) is 27.5 Å². The molecule has 1 heterocycles. The van der Waals surface area contributed by atoms with Crippen LogP contribution in [0.25, 0.3) is 0 Å². The van der Waals surface area contributed by atoms with Crippen molar-refractivity contribution in [3.05, 3.63) is 72.2 Å². The van der Waals surface area contributed by atoms with Gasteiger partial charge < -0.3 is 21.3 Å². The maximum atomic E-state index is 14.3. The summed E-state index contributed by atoms with van der Waals surface area (Å²) in [4.78, 5) is 34.1. The Morgan fingerprint density at radius 3 is 2.47 bits per heavy atom. The molecule has 1 fully saturated rings. The number of hydrogen-bond donors (Lipinski definition) is 3. The average Bonchev–Trinajstić information content (AvgIpc) is 3.30. The maximum Gasteiger partial charge on any atom is 0.258 e. The molecule has 0 radical (unpaired) electrons. The molecule has 178 valence electrons. The monoisotopic (exact) mass is 464 g/mol. The van der Waals surface area contributed by atoms with Gasteiger partial charge in [0.1, 0.15) is 0 Å². The second kappa shape index (κ2) is 10.7. The molecule has 1 saturated carbocycles. The second-order valence-corrected chi connectivity index (χ2v) is 7.98. The first kappa shape index (κ1) is 24.6. The largest absolute Gasteiger partial charge is 0.369 e. The number of anilines is 4. The molecule has 4 N–H and O–H groups in total. The second-order valence-electron chi connectivity index (χ2n) is 7.98. The van der Waals surface area contributed by atoms with Crippen LogP contribution in [0.5, 0.6) is 0 Å². The van der Waals surface area contributed by atoms with Crippen LogP contribution in [0.1, 0.15) is 37.0 Å². The van der Waals surface area contributed by atoms with Gasteiger partial charge in [-0.15, -0.1) is 0 Å². The zero-order chi connectivity index (χ0) is 23.4. The Bertz CT molecular complexity index is 1140. The molecule has 1 aliphatic rings. The maximum absolute atomic E-state index is 14.3. The highest BCUT2D eigenvalue weighted by atomic mass is 19.1. The number of nitrogens with one attached hydrogen (secondary N) is 2. The molecule has 0 spiro atoms. The van der Waals surface area contributed by atoms with E-state index in [1.54, 1.807) is 36.2 Å². The summed E-state index contributed by atoms with van der Waals surface area (Å²) in [6, 6.07) is 16.0. The first-order valence-corrected chi connectivity index (χ1v) is 10.7. The lowest BCUT2D eigenvalue weighted by Gasteiger charge is -2.19. The van der Waals surface area contributed by atoms with Gasteiger partial charge in [0, 0.05) is 30.0 Å². The molecule has 9 heteroatoms. The minimum absolute atomic E-state index is 0. The lowest BCUT2D eigenvalue weighted by atomic mass is 10.0. The van der Waals surface area contributed by atoms with E-state index in [1.807, 2.05) is 30.3 Å². The Hall–Kier alpha value is -4.01. The third kappa shape index (κ3) is 5.48. The van der Waals surface area contributed by atoms with Crippen molar-refractivity contribution in [2.24, 2.45) is 11.7 Å². The summed E-state index contributed by atoms with van der Waals surface area (Å²) in [6.45, 7) is 0. The van der Waals surface area contributed by atoms with Crippen molar-refractivity contribution < 1.29 is 14.0 Å². The number of nitrogens with zero attached hydrogens (tertiary/aromatic N) is 3. The number of amides is 2. The van der Waals surface area contributed by atoms with Crippen molar-refractivity contribution in [3.8, 4) is 0 Å². The predicted octanol–water partition coefficient (Wildman–Crippen LogP) is 4.34. The van der Waals surface area contributed by atoms with E-state index in [0.717, 1.165) is 18.3 Å². The predicted molar refractivity (Wildman–Crippen MR) is 132 cm³/mol. The number of aromatic nitrogens is 2. The number of hydrogen-bond acceptors (Lipinski definition) is 6. The molecule has 3 aromatic rings. The number of halogens is 1. The summed E-state index contributed by atoms with van der Waals surface area (Å²) in [6.07, 6.45) is 3.30. The fraction of sp³-hybridized carbons (Fsp3) is 0.280. The summed E-state index contributed by atoms with van der Waals surface area (Å²) in [5, 5.41) is 6.01. The molecule has 4 rings (SSSR count). The summed E-state index contributed by atoms with van der Waals surface area (Å²) >= 11 is 0. The third-order valence-corrected chi connectivity index (χ3v) is 5.78. The van der Waals surface area contributed by atoms with E-state index in [0.29, 0.717) is 24.1 Å². The van der Waals surface area contributed by atoms with Gasteiger partial charge in [-0.05, 0) is 49.2 Å². The molecular formula is C25H29FN6O2. The number of benzene rings is 2. The van der Waals surface area contributed by atoms with Gasteiger partial charge in [-0.25, -0.2) is 9.37 Å². The fourth-order valence-corrected chi connectivity index (χ4v) is 3.97. The quantitative estimate of drug-likeness (QED) is 0.479. The van der Waals surface area contributed by atoms with E-state index in [-0.39, 0.29) is 37.1 Å². The lowest BCUT2D eigenvalue weighted by Crippen LogP contribution is -2.34. The Morgan fingerprint density at radius 1 is 1.09 bits per heavy atom. The number of nitrogens with two attached hydrogens (primary N) is 1. The van der Waals surface area contributed by atoms with Gasteiger partial charge in [0.05, 0.1) is 12.1 Å². The molecule has 1 aromatic heterocycles. The van der Waals surface area contributed by atoms with Crippen LogP contribution in [0.2, 0.25) is 0 Å². The first-order chi connectivity index (χ1) is 15.9. The third-order valence-electron chi connectivity index (χ3n) is 5.78. The lowest BCUT2D eigenvalue weighted by molar-refractivity contribution is -0.121. The number of para-hydroxylation sites is 1. The molecule has 2 aromatic carbocycles. The molecule has 2 atom stereocenters.